The molecule has 0 radical (unpaired) electrons. The Hall–Kier alpha value is -1.08. The van der Waals surface area contributed by atoms with Crippen LogP contribution in [0.15, 0.2) is 0 Å². The van der Waals surface area contributed by atoms with Crippen molar-refractivity contribution < 1.29 is 9.53 Å². The molecule has 1 aliphatic heterocycles. The van der Waals surface area contributed by atoms with Crippen LogP contribution in [0.3, 0.4) is 0 Å². The van der Waals surface area contributed by atoms with Gasteiger partial charge in [-0.3, -0.25) is 4.79 Å². The number of hydrogen-bond donors (Lipinski definition) is 0. The molecule has 2 atom stereocenters. The molecule has 1 fully saturated rings. The highest BCUT2D eigenvalue weighted by atomic mass is 16.5. The van der Waals surface area contributed by atoms with Gasteiger partial charge in [-0.2, -0.15) is 5.26 Å². The maximum absolute atomic E-state index is 11.4. The van der Waals surface area contributed by atoms with Gasteiger partial charge in [-0.05, 0) is 6.92 Å². The van der Waals surface area contributed by atoms with Crippen LogP contribution in [-0.2, 0) is 9.53 Å². The van der Waals surface area contributed by atoms with Crippen LogP contribution in [-0.4, -0.2) is 37.1 Å². The molecule has 1 aliphatic rings. The van der Waals surface area contributed by atoms with Gasteiger partial charge in [0.2, 0.25) is 5.91 Å². The average Bonchev–Trinajstić information content (AvgIpc) is 2.47. The van der Waals surface area contributed by atoms with E-state index in [1.807, 2.05) is 6.92 Å². The van der Waals surface area contributed by atoms with E-state index in [0.29, 0.717) is 19.6 Å². The largest absolute Gasteiger partial charge is 0.383 e. The summed E-state index contributed by atoms with van der Waals surface area (Å²) in [6.45, 7) is 3.02. The highest BCUT2D eigenvalue weighted by Crippen LogP contribution is 2.19. The molecule has 13 heavy (non-hydrogen) atoms. The summed E-state index contributed by atoms with van der Waals surface area (Å²) in [4.78, 5) is 13.1. The van der Waals surface area contributed by atoms with Gasteiger partial charge in [0.15, 0.2) is 0 Å². The maximum Gasteiger partial charge on any atom is 0.224 e. The van der Waals surface area contributed by atoms with E-state index in [2.05, 4.69) is 6.07 Å². The molecular formula is C9H14N2O2. The first kappa shape index (κ1) is 10.0. The summed E-state index contributed by atoms with van der Waals surface area (Å²) in [6, 6.07) is 2.20. The van der Waals surface area contributed by atoms with Crippen molar-refractivity contribution in [3.05, 3.63) is 0 Å². The molecule has 0 aromatic rings. The molecule has 1 saturated heterocycles. The van der Waals surface area contributed by atoms with Crippen molar-refractivity contribution in [2.45, 2.75) is 19.4 Å². The fraction of sp³-hybridized carbons (Fsp3) is 0.778. The van der Waals surface area contributed by atoms with Crippen molar-refractivity contribution in [1.29, 1.82) is 5.26 Å². The van der Waals surface area contributed by atoms with Gasteiger partial charge in [-0.25, -0.2) is 0 Å². The SMILES string of the molecule is COCC(C)N1CC(C#N)CC1=O. The fourth-order valence-electron chi connectivity index (χ4n) is 1.58. The van der Waals surface area contributed by atoms with Crippen LogP contribution >= 0.6 is 0 Å². The van der Waals surface area contributed by atoms with Gasteiger partial charge in [0.05, 0.1) is 24.6 Å². The van der Waals surface area contributed by atoms with E-state index in [1.54, 1.807) is 12.0 Å². The normalized spacial score (nSPS) is 24.5. The van der Waals surface area contributed by atoms with Gasteiger partial charge >= 0.3 is 0 Å². The minimum absolute atomic E-state index is 0.0658. The van der Waals surface area contributed by atoms with E-state index >= 15 is 0 Å². The molecule has 0 bridgehead atoms. The lowest BCUT2D eigenvalue weighted by Crippen LogP contribution is -2.37. The molecule has 2 unspecified atom stereocenters. The van der Waals surface area contributed by atoms with Crippen molar-refractivity contribution >= 4 is 5.91 Å². The highest BCUT2D eigenvalue weighted by Gasteiger charge is 2.32. The number of carbonyl (C=O) groups excluding carboxylic acids is 1. The van der Waals surface area contributed by atoms with Gasteiger partial charge in [-0.15, -0.1) is 0 Å². The lowest BCUT2D eigenvalue weighted by molar-refractivity contribution is -0.130. The molecule has 1 amide bonds. The molecule has 0 aliphatic carbocycles. The third-order valence-electron chi connectivity index (χ3n) is 2.28. The van der Waals surface area contributed by atoms with Crippen LogP contribution in [0, 0.1) is 17.2 Å². The van der Waals surface area contributed by atoms with Gasteiger partial charge in [0.1, 0.15) is 0 Å². The first-order chi connectivity index (χ1) is 6.19. The number of nitriles is 1. The second-order valence-electron chi connectivity index (χ2n) is 3.38. The monoisotopic (exact) mass is 182 g/mol. The average molecular weight is 182 g/mol. The quantitative estimate of drug-likeness (QED) is 0.634. The summed E-state index contributed by atoms with van der Waals surface area (Å²) in [5, 5.41) is 8.65. The number of ether oxygens (including phenoxy) is 1. The van der Waals surface area contributed by atoms with E-state index < -0.39 is 0 Å². The lowest BCUT2D eigenvalue weighted by atomic mass is 10.1. The predicted molar refractivity (Wildman–Crippen MR) is 46.8 cm³/mol. The van der Waals surface area contributed by atoms with Gasteiger partial charge in [0, 0.05) is 20.1 Å². The Labute approximate surface area is 78.1 Å². The predicted octanol–water partition coefficient (Wildman–Crippen LogP) is 0.393. The molecule has 0 N–H and O–H groups in total. The maximum atomic E-state index is 11.4. The summed E-state index contributed by atoms with van der Waals surface area (Å²) < 4.78 is 4.96. The smallest absolute Gasteiger partial charge is 0.224 e. The second kappa shape index (κ2) is 4.24. The third kappa shape index (κ3) is 2.19. The van der Waals surface area contributed by atoms with Crippen molar-refractivity contribution in [1.82, 2.24) is 4.90 Å². The first-order valence-corrected chi connectivity index (χ1v) is 4.37. The molecule has 4 nitrogen and oxygen atoms in total. The van der Waals surface area contributed by atoms with E-state index in [4.69, 9.17) is 10.00 Å². The molecule has 1 rings (SSSR count). The fourth-order valence-corrected chi connectivity index (χ4v) is 1.58. The second-order valence-corrected chi connectivity index (χ2v) is 3.38. The number of methoxy groups -OCH3 is 1. The number of nitrogens with zero attached hydrogens (tertiary/aromatic N) is 2. The Kier molecular flexibility index (Phi) is 3.26. The summed E-state index contributed by atoms with van der Waals surface area (Å²) in [5.41, 5.74) is 0. The standard InChI is InChI=1S/C9H14N2O2/c1-7(6-13-2)11-5-8(4-10)3-9(11)12/h7-8H,3,5-6H2,1-2H3. The number of hydrogen-bond acceptors (Lipinski definition) is 3. The van der Waals surface area contributed by atoms with Crippen LogP contribution in [0.2, 0.25) is 0 Å². The zero-order valence-corrected chi connectivity index (χ0v) is 7.99. The Bertz CT molecular complexity index is 234. The topological polar surface area (TPSA) is 53.3 Å². The van der Waals surface area contributed by atoms with Crippen molar-refractivity contribution in [2.75, 3.05) is 20.3 Å². The molecule has 0 saturated carbocycles. The molecule has 72 valence electrons. The Balaban J connectivity index is 2.52. The van der Waals surface area contributed by atoms with E-state index in [9.17, 15) is 4.79 Å². The number of amides is 1. The van der Waals surface area contributed by atoms with E-state index in [0.717, 1.165) is 0 Å². The lowest BCUT2D eigenvalue weighted by Gasteiger charge is -2.23. The first-order valence-electron chi connectivity index (χ1n) is 4.37. The highest BCUT2D eigenvalue weighted by molar-refractivity contribution is 5.79. The van der Waals surface area contributed by atoms with Crippen molar-refractivity contribution in [3.8, 4) is 6.07 Å². The Morgan fingerprint density at radius 3 is 3.00 bits per heavy atom. The molecule has 0 aromatic heterocycles. The zero-order chi connectivity index (χ0) is 9.84. The Morgan fingerprint density at radius 2 is 2.54 bits per heavy atom. The Morgan fingerprint density at radius 1 is 1.85 bits per heavy atom. The van der Waals surface area contributed by atoms with Gasteiger partial charge < -0.3 is 9.64 Å². The van der Waals surface area contributed by atoms with Crippen LogP contribution in [0.25, 0.3) is 0 Å². The van der Waals surface area contributed by atoms with Crippen molar-refractivity contribution in [2.24, 2.45) is 5.92 Å². The zero-order valence-electron chi connectivity index (χ0n) is 7.99. The van der Waals surface area contributed by atoms with Crippen LogP contribution < -0.4 is 0 Å². The van der Waals surface area contributed by atoms with E-state index in [1.165, 1.54) is 0 Å². The molecule has 0 aromatic carbocycles. The number of rotatable bonds is 3. The van der Waals surface area contributed by atoms with Crippen molar-refractivity contribution in [3.63, 3.8) is 0 Å². The minimum Gasteiger partial charge on any atom is -0.383 e. The summed E-state index contributed by atoms with van der Waals surface area (Å²) >= 11 is 0. The number of carbonyl (C=O) groups is 1. The van der Waals surface area contributed by atoms with Gasteiger partial charge in [-0.1, -0.05) is 0 Å². The summed E-state index contributed by atoms with van der Waals surface area (Å²) in [7, 11) is 1.61. The molecule has 0 spiro atoms. The van der Waals surface area contributed by atoms with Crippen LogP contribution in [0.4, 0.5) is 0 Å². The van der Waals surface area contributed by atoms with Crippen LogP contribution in [0.1, 0.15) is 13.3 Å². The molecular weight excluding hydrogens is 168 g/mol. The molecule has 4 heteroatoms. The van der Waals surface area contributed by atoms with E-state index in [-0.39, 0.29) is 17.9 Å². The summed E-state index contributed by atoms with van der Waals surface area (Å²) in [6.07, 6.45) is 0.366. The minimum atomic E-state index is -0.133. The summed E-state index contributed by atoms with van der Waals surface area (Å²) in [5.74, 6) is -0.0668. The third-order valence-corrected chi connectivity index (χ3v) is 2.28. The van der Waals surface area contributed by atoms with Gasteiger partial charge in [0.25, 0.3) is 0 Å². The van der Waals surface area contributed by atoms with Crippen LogP contribution in [0.5, 0.6) is 0 Å². The number of likely N-dealkylation sites (tertiary alicyclic amines) is 1. The molecule has 1 heterocycles.